The molecule has 0 saturated heterocycles. The maximum absolute atomic E-state index is 12.2. The molecule has 0 radical (unpaired) electrons. The molecule has 2 N–H and O–H groups in total. The first-order valence-corrected chi connectivity index (χ1v) is 3.46. The van der Waals surface area contributed by atoms with Crippen molar-refractivity contribution in [2.24, 2.45) is 0 Å². The summed E-state index contributed by atoms with van der Waals surface area (Å²) in [5, 5.41) is 15.9. The van der Waals surface area contributed by atoms with E-state index in [0.29, 0.717) is 5.56 Å². The van der Waals surface area contributed by atoms with Crippen LogP contribution in [0.2, 0.25) is 0 Å². The number of carboxylic acids is 1. The lowest BCUT2D eigenvalue weighted by Crippen LogP contribution is -1.85. The van der Waals surface area contributed by atoms with Crippen LogP contribution in [0.15, 0.2) is 18.5 Å². The molecule has 4 nitrogen and oxygen atoms in total. The lowest BCUT2D eigenvalue weighted by Gasteiger charge is -1.91. The Kier molecular flexibility index (Phi) is 5.38. The van der Waals surface area contributed by atoms with Crippen LogP contribution < -0.4 is 0 Å². The molecule has 0 bridgehead atoms. The van der Waals surface area contributed by atoms with Crippen molar-refractivity contribution >= 4 is 5.97 Å². The Morgan fingerprint density at radius 2 is 2.15 bits per heavy atom. The molecule has 1 rings (SSSR count). The molecule has 0 atom stereocenters. The third-order valence-electron chi connectivity index (χ3n) is 0.944. The van der Waals surface area contributed by atoms with E-state index in [1.54, 1.807) is 0 Å². The molecule has 1 aromatic rings. The van der Waals surface area contributed by atoms with Crippen LogP contribution in [0, 0.1) is 5.82 Å². The number of pyridine rings is 1. The van der Waals surface area contributed by atoms with Gasteiger partial charge in [-0.15, -0.1) is 0 Å². The molecule has 0 aliphatic carbocycles. The molecule has 0 unspecified atom stereocenters. The summed E-state index contributed by atoms with van der Waals surface area (Å²) in [5.74, 6) is -1.25. The van der Waals surface area contributed by atoms with Crippen LogP contribution in [0.5, 0.6) is 0 Å². The Morgan fingerprint density at radius 3 is 2.46 bits per heavy atom. The number of halogens is 1. The first-order valence-electron chi connectivity index (χ1n) is 3.46. The number of aliphatic hydroxyl groups excluding tert-OH is 1. The van der Waals surface area contributed by atoms with Crippen molar-refractivity contribution in [2.45, 2.75) is 13.5 Å². The number of aliphatic hydroxyl groups is 1. The second-order valence-electron chi connectivity index (χ2n) is 2.19. The van der Waals surface area contributed by atoms with Gasteiger partial charge in [0, 0.05) is 13.1 Å². The monoisotopic (exact) mass is 187 g/mol. The van der Waals surface area contributed by atoms with Gasteiger partial charge in [0.15, 0.2) is 0 Å². The van der Waals surface area contributed by atoms with Crippen LogP contribution in [0.1, 0.15) is 12.5 Å². The van der Waals surface area contributed by atoms with Crippen LogP contribution in [0.3, 0.4) is 0 Å². The molecule has 5 heteroatoms. The van der Waals surface area contributed by atoms with Crippen molar-refractivity contribution in [3.05, 3.63) is 29.8 Å². The van der Waals surface area contributed by atoms with E-state index in [4.69, 9.17) is 15.0 Å². The molecule has 0 fully saturated rings. The number of carbonyl (C=O) groups is 1. The summed E-state index contributed by atoms with van der Waals surface area (Å²) in [7, 11) is 0. The van der Waals surface area contributed by atoms with Gasteiger partial charge < -0.3 is 10.2 Å². The van der Waals surface area contributed by atoms with E-state index < -0.39 is 11.8 Å². The van der Waals surface area contributed by atoms with Crippen LogP contribution >= 0.6 is 0 Å². The molecule has 1 aromatic heterocycles. The van der Waals surface area contributed by atoms with Gasteiger partial charge in [-0.2, -0.15) is 0 Å². The maximum Gasteiger partial charge on any atom is 0.300 e. The Labute approximate surface area is 74.7 Å². The maximum atomic E-state index is 12.2. The van der Waals surface area contributed by atoms with Crippen molar-refractivity contribution in [2.75, 3.05) is 0 Å². The lowest BCUT2D eigenvalue weighted by atomic mass is 10.3. The molecule has 0 saturated carbocycles. The zero-order valence-electron chi connectivity index (χ0n) is 7.07. The van der Waals surface area contributed by atoms with E-state index in [1.807, 2.05) is 0 Å². The quantitative estimate of drug-likeness (QED) is 0.682. The molecule has 1 heterocycles. The average molecular weight is 187 g/mol. The molecular weight excluding hydrogens is 177 g/mol. The van der Waals surface area contributed by atoms with Crippen molar-refractivity contribution < 1.29 is 19.4 Å². The third-order valence-corrected chi connectivity index (χ3v) is 0.944. The first-order chi connectivity index (χ1) is 6.06. The minimum Gasteiger partial charge on any atom is -0.481 e. The predicted octanol–water partition coefficient (Wildman–Crippen LogP) is 0.804. The van der Waals surface area contributed by atoms with Crippen molar-refractivity contribution in [3.8, 4) is 0 Å². The average Bonchev–Trinajstić information content (AvgIpc) is 2.03. The molecular formula is C8H10FNO3. The minimum atomic E-state index is -0.833. The van der Waals surface area contributed by atoms with Crippen LogP contribution in [-0.2, 0) is 11.4 Å². The van der Waals surface area contributed by atoms with Gasteiger partial charge in [0.25, 0.3) is 5.97 Å². The van der Waals surface area contributed by atoms with Gasteiger partial charge in [0.05, 0.1) is 12.8 Å². The van der Waals surface area contributed by atoms with Crippen LogP contribution in [0.4, 0.5) is 4.39 Å². The molecule has 0 aromatic carbocycles. The van der Waals surface area contributed by atoms with Crippen molar-refractivity contribution in [1.82, 2.24) is 4.98 Å². The summed E-state index contributed by atoms with van der Waals surface area (Å²) >= 11 is 0. The van der Waals surface area contributed by atoms with Crippen molar-refractivity contribution in [1.29, 1.82) is 0 Å². The van der Waals surface area contributed by atoms with E-state index in [1.165, 1.54) is 12.3 Å². The topological polar surface area (TPSA) is 70.4 Å². The molecule has 13 heavy (non-hydrogen) atoms. The Bertz CT molecular complexity index is 274. The van der Waals surface area contributed by atoms with Gasteiger partial charge in [0.2, 0.25) is 0 Å². The second kappa shape index (κ2) is 6.07. The van der Waals surface area contributed by atoms with E-state index in [-0.39, 0.29) is 6.61 Å². The molecule has 0 aliphatic heterocycles. The Balaban J connectivity index is 0.000000310. The number of rotatable bonds is 1. The van der Waals surface area contributed by atoms with Gasteiger partial charge in [-0.1, -0.05) is 0 Å². The predicted molar refractivity (Wildman–Crippen MR) is 43.4 cm³/mol. The third kappa shape index (κ3) is 6.89. The highest BCUT2D eigenvalue weighted by Gasteiger charge is 1.91. The zero-order valence-corrected chi connectivity index (χ0v) is 7.07. The fourth-order valence-corrected chi connectivity index (χ4v) is 0.542. The first kappa shape index (κ1) is 11.5. The van der Waals surface area contributed by atoms with Gasteiger partial charge >= 0.3 is 0 Å². The fraction of sp³-hybridized carbons (Fsp3) is 0.250. The SMILES string of the molecule is CC(=O)O.OCc1cncc(F)c1. The number of hydrogen-bond donors (Lipinski definition) is 2. The van der Waals surface area contributed by atoms with E-state index in [0.717, 1.165) is 13.1 Å². The van der Waals surface area contributed by atoms with E-state index >= 15 is 0 Å². The Hall–Kier alpha value is -1.49. The van der Waals surface area contributed by atoms with Gasteiger partial charge in [-0.3, -0.25) is 9.78 Å². The number of nitrogens with zero attached hydrogens (tertiary/aromatic N) is 1. The van der Waals surface area contributed by atoms with Gasteiger partial charge in [-0.05, 0) is 11.6 Å². The summed E-state index contributed by atoms with van der Waals surface area (Å²) in [6, 6.07) is 1.24. The number of aromatic nitrogens is 1. The lowest BCUT2D eigenvalue weighted by molar-refractivity contribution is -0.134. The van der Waals surface area contributed by atoms with Gasteiger partial charge in [0.1, 0.15) is 5.82 Å². The smallest absolute Gasteiger partial charge is 0.300 e. The van der Waals surface area contributed by atoms with E-state index in [9.17, 15) is 4.39 Å². The number of hydrogen-bond acceptors (Lipinski definition) is 3. The van der Waals surface area contributed by atoms with Gasteiger partial charge in [-0.25, -0.2) is 4.39 Å². The fourth-order valence-electron chi connectivity index (χ4n) is 0.542. The summed E-state index contributed by atoms with van der Waals surface area (Å²) < 4.78 is 12.2. The molecule has 0 spiro atoms. The molecule has 0 aliphatic rings. The number of aliphatic carboxylic acids is 1. The molecule has 0 amide bonds. The highest BCUT2D eigenvalue weighted by atomic mass is 19.1. The van der Waals surface area contributed by atoms with Crippen molar-refractivity contribution in [3.63, 3.8) is 0 Å². The largest absolute Gasteiger partial charge is 0.481 e. The van der Waals surface area contributed by atoms with Crippen LogP contribution in [-0.4, -0.2) is 21.2 Å². The minimum absolute atomic E-state index is 0.162. The standard InChI is InChI=1S/C6H6FNO.C2H4O2/c7-6-1-5(4-9)2-8-3-6;1-2(3)4/h1-3,9H,4H2;1H3,(H,3,4). The summed E-state index contributed by atoms with van der Waals surface area (Å²) in [5.41, 5.74) is 0.495. The summed E-state index contributed by atoms with van der Waals surface area (Å²) in [6.07, 6.45) is 2.52. The second-order valence-corrected chi connectivity index (χ2v) is 2.19. The summed E-state index contributed by atoms with van der Waals surface area (Å²) in [6.45, 7) is 0.921. The highest BCUT2D eigenvalue weighted by molar-refractivity contribution is 5.62. The normalized spacial score (nSPS) is 8.54. The van der Waals surface area contributed by atoms with Crippen LogP contribution in [0.25, 0.3) is 0 Å². The van der Waals surface area contributed by atoms with E-state index in [2.05, 4.69) is 4.98 Å². The Morgan fingerprint density at radius 1 is 1.62 bits per heavy atom. The highest BCUT2D eigenvalue weighted by Crippen LogP contribution is 1.98. The zero-order chi connectivity index (χ0) is 10.3. The summed E-state index contributed by atoms with van der Waals surface area (Å²) in [4.78, 5) is 12.5. The molecule has 72 valence electrons. The number of carboxylic acid groups (broad SMARTS) is 1.